The van der Waals surface area contributed by atoms with Crippen LogP contribution in [0.1, 0.15) is 25.3 Å². The Balaban J connectivity index is 2.89. The molecule has 1 N–H and O–H groups in total. The Bertz CT molecular complexity index is 827. The lowest BCUT2D eigenvalue weighted by Gasteiger charge is -2.12. The molecule has 8 heteroatoms. The van der Waals surface area contributed by atoms with Gasteiger partial charge in [0.15, 0.2) is 17.5 Å². The maximum absolute atomic E-state index is 13.8. The fraction of sp³-hybridized carbons (Fsp3) is 0.231. The number of aromatic nitrogens is 2. The molecule has 0 saturated carbocycles. The van der Waals surface area contributed by atoms with Gasteiger partial charge >= 0.3 is 5.69 Å². The standard InChI is InChI=1S/C13H10ClF3N2O2/c1-5(2)10-11(14)18-13(21)19(12(10)20)9-4-7(16)6(15)3-8(9)17/h3-5H,1-2H3,(H,18,21). The van der Waals surface area contributed by atoms with Crippen molar-refractivity contribution in [3.63, 3.8) is 0 Å². The molecule has 2 aromatic rings. The predicted octanol–water partition coefficient (Wildman–Crippen LogP) is 2.72. The zero-order chi connectivity index (χ0) is 15.9. The van der Waals surface area contributed by atoms with Crippen LogP contribution in [0.4, 0.5) is 13.2 Å². The number of hydrogen-bond donors (Lipinski definition) is 1. The quantitative estimate of drug-likeness (QED) is 0.684. The Hall–Kier alpha value is -2.02. The molecule has 0 aliphatic carbocycles. The molecule has 0 aliphatic rings. The first kappa shape index (κ1) is 15.4. The number of benzene rings is 1. The van der Waals surface area contributed by atoms with Crippen molar-refractivity contribution in [3.8, 4) is 5.69 Å². The van der Waals surface area contributed by atoms with E-state index in [0.29, 0.717) is 10.6 Å². The summed E-state index contributed by atoms with van der Waals surface area (Å²) in [6.45, 7) is 3.29. The van der Waals surface area contributed by atoms with Gasteiger partial charge in [0.2, 0.25) is 0 Å². The summed E-state index contributed by atoms with van der Waals surface area (Å²) in [5.74, 6) is -4.39. The minimum absolute atomic E-state index is 0.0420. The van der Waals surface area contributed by atoms with Crippen LogP contribution in [0.5, 0.6) is 0 Å². The molecular weight excluding hydrogens is 309 g/mol. The lowest BCUT2D eigenvalue weighted by molar-refractivity contribution is 0.491. The van der Waals surface area contributed by atoms with Gasteiger partial charge in [0, 0.05) is 12.1 Å². The second-order valence-electron chi connectivity index (χ2n) is 4.67. The van der Waals surface area contributed by atoms with E-state index >= 15 is 0 Å². The minimum atomic E-state index is -1.42. The first-order chi connectivity index (χ1) is 9.73. The summed E-state index contributed by atoms with van der Waals surface area (Å²) >= 11 is 5.79. The molecule has 0 amide bonds. The van der Waals surface area contributed by atoms with Gasteiger partial charge in [-0.2, -0.15) is 0 Å². The zero-order valence-corrected chi connectivity index (χ0v) is 11.8. The molecule has 2 rings (SSSR count). The van der Waals surface area contributed by atoms with Crippen molar-refractivity contribution in [1.82, 2.24) is 9.55 Å². The highest BCUT2D eigenvalue weighted by Gasteiger charge is 2.20. The van der Waals surface area contributed by atoms with E-state index in [0.717, 1.165) is 0 Å². The topological polar surface area (TPSA) is 54.9 Å². The molecule has 1 aromatic heterocycles. The van der Waals surface area contributed by atoms with Crippen LogP contribution < -0.4 is 11.2 Å². The van der Waals surface area contributed by atoms with Crippen LogP contribution in [0.3, 0.4) is 0 Å². The summed E-state index contributed by atoms with van der Waals surface area (Å²) in [4.78, 5) is 26.3. The van der Waals surface area contributed by atoms with Gasteiger partial charge in [0.05, 0.1) is 11.3 Å². The maximum Gasteiger partial charge on any atom is 0.334 e. The van der Waals surface area contributed by atoms with Crippen LogP contribution in [0.15, 0.2) is 21.7 Å². The van der Waals surface area contributed by atoms with Crippen molar-refractivity contribution in [2.24, 2.45) is 0 Å². The van der Waals surface area contributed by atoms with Gasteiger partial charge in [-0.3, -0.25) is 9.78 Å². The summed E-state index contributed by atoms with van der Waals surface area (Å²) in [6.07, 6.45) is 0. The van der Waals surface area contributed by atoms with Crippen LogP contribution in [0, 0.1) is 17.5 Å². The molecule has 0 fully saturated rings. The maximum atomic E-state index is 13.8. The number of halogens is 4. The number of H-pyrrole nitrogens is 1. The smallest absolute Gasteiger partial charge is 0.297 e. The molecule has 112 valence electrons. The van der Waals surface area contributed by atoms with E-state index in [1.807, 2.05) is 0 Å². The summed E-state index contributed by atoms with van der Waals surface area (Å²) in [6, 6.07) is 0.708. The van der Waals surface area contributed by atoms with E-state index in [4.69, 9.17) is 11.6 Å². The average Bonchev–Trinajstić information content (AvgIpc) is 2.34. The summed E-state index contributed by atoms with van der Waals surface area (Å²) in [7, 11) is 0. The lowest BCUT2D eigenvalue weighted by Crippen LogP contribution is -2.37. The van der Waals surface area contributed by atoms with Crippen LogP contribution in [-0.4, -0.2) is 9.55 Å². The van der Waals surface area contributed by atoms with Gasteiger partial charge in [-0.05, 0) is 5.92 Å². The molecule has 1 aromatic carbocycles. The van der Waals surface area contributed by atoms with Gasteiger partial charge < -0.3 is 0 Å². The highest BCUT2D eigenvalue weighted by Crippen LogP contribution is 2.19. The monoisotopic (exact) mass is 318 g/mol. The second kappa shape index (κ2) is 5.40. The number of hydrogen-bond acceptors (Lipinski definition) is 2. The van der Waals surface area contributed by atoms with Crippen LogP contribution >= 0.6 is 11.6 Å². The van der Waals surface area contributed by atoms with E-state index in [1.165, 1.54) is 0 Å². The Kier molecular flexibility index (Phi) is 3.95. The molecule has 1 heterocycles. The summed E-state index contributed by atoms with van der Waals surface area (Å²) < 4.78 is 40.3. The lowest BCUT2D eigenvalue weighted by atomic mass is 10.1. The van der Waals surface area contributed by atoms with E-state index in [1.54, 1.807) is 13.8 Å². The largest absolute Gasteiger partial charge is 0.334 e. The molecule has 4 nitrogen and oxygen atoms in total. The van der Waals surface area contributed by atoms with Crippen molar-refractivity contribution in [2.45, 2.75) is 19.8 Å². The fourth-order valence-electron chi connectivity index (χ4n) is 1.93. The molecule has 0 radical (unpaired) electrons. The van der Waals surface area contributed by atoms with Gasteiger partial charge in [-0.1, -0.05) is 25.4 Å². The minimum Gasteiger partial charge on any atom is -0.297 e. The Morgan fingerprint density at radius 1 is 1.10 bits per heavy atom. The van der Waals surface area contributed by atoms with Crippen LogP contribution in [0.25, 0.3) is 5.69 Å². The van der Waals surface area contributed by atoms with Gasteiger partial charge in [0.1, 0.15) is 5.15 Å². The van der Waals surface area contributed by atoms with Crippen LogP contribution in [0.2, 0.25) is 5.15 Å². The van der Waals surface area contributed by atoms with Crippen molar-refractivity contribution in [1.29, 1.82) is 0 Å². The number of aromatic amines is 1. The molecule has 0 aliphatic heterocycles. The highest BCUT2D eigenvalue weighted by molar-refractivity contribution is 6.30. The number of nitrogens with one attached hydrogen (secondary N) is 1. The Morgan fingerprint density at radius 2 is 1.67 bits per heavy atom. The van der Waals surface area contributed by atoms with E-state index in [-0.39, 0.29) is 22.7 Å². The normalized spacial score (nSPS) is 11.2. The van der Waals surface area contributed by atoms with Crippen molar-refractivity contribution in [3.05, 3.63) is 61.1 Å². The van der Waals surface area contributed by atoms with E-state index in [9.17, 15) is 22.8 Å². The third kappa shape index (κ3) is 2.61. The summed E-state index contributed by atoms with van der Waals surface area (Å²) in [5.41, 5.74) is -2.57. The number of rotatable bonds is 2. The van der Waals surface area contributed by atoms with Crippen molar-refractivity contribution in [2.75, 3.05) is 0 Å². The third-order valence-electron chi connectivity index (χ3n) is 2.90. The SMILES string of the molecule is CC(C)c1c(Cl)[nH]c(=O)n(-c2cc(F)c(F)cc2F)c1=O. The molecule has 0 saturated heterocycles. The van der Waals surface area contributed by atoms with E-state index in [2.05, 4.69) is 4.98 Å². The molecule has 0 unspecified atom stereocenters. The molecule has 21 heavy (non-hydrogen) atoms. The fourth-order valence-corrected chi connectivity index (χ4v) is 2.31. The summed E-state index contributed by atoms with van der Waals surface area (Å²) in [5, 5.41) is -0.167. The van der Waals surface area contributed by atoms with E-state index < -0.39 is 34.4 Å². The average molecular weight is 319 g/mol. The highest BCUT2D eigenvalue weighted by atomic mass is 35.5. The van der Waals surface area contributed by atoms with Crippen LogP contribution in [-0.2, 0) is 0 Å². The predicted molar refractivity (Wildman–Crippen MR) is 71.6 cm³/mol. The number of nitrogens with zero attached hydrogens (tertiary/aromatic N) is 1. The second-order valence-corrected chi connectivity index (χ2v) is 5.05. The Labute approximate surface area is 121 Å². The van der Waals surface area contributed by atoms with Gasteiger partial charge in [0.25, 0.3) is 5.56 Å². The molecule has 0 atom stereocenters. The Morgan fingerprint density at radius 3 is 2.24 bits per heavy atom. The zero-order valence-electron chi connectivity index (χ0n) is 11.0. The van der Waals surface area contributed by atoms with Crippen molar-refractivity contribution < 1.29 is 13.2 Å². The first-order valence-corrected chi connectivity index (χ1v) is 6.31. The molecule has 0 spiro atoms. The van der Waals surface area contributed by atoms with Gasteiger partial charge in [-0.15, -0.1) is 0 Å². The molecule has 0 bridgehead atoms. The van der Waals surface area contributed by atoms with Gasteiger partial charge in [-0.25, -0.2) is 22.5 Å². The van der Waals surface area contributed by atoms with Crippen molar-refractivity contribution >= 4 is 11.6 Å². The molecular formula is C13H10ClF3N2O2. The third-order valence-corrected chi connectivity index (χ3v) is 3.20. The first-order valence-electron chi connectivity index (χ1n) is 5.93.